The van der Waals surface area contributed by atoms with E-state index in [0.29, 0.717) is 17.8 Å². The van der Waals surface area contributed by atoms with Crippen molar-refractivity contribution in [3.05, 3.63) is 11.6 Å². The quantitative estimate of drug-likeness (QED) is 0.539. The van der Waals surface area contributed by atoms with Crippen LogP contribution in [0.15, 0.2) is 11.6 Å². The molecule has 2 nitrogen and oxygen atoms in total. The van der Waals surface area contributed by atoms with Crippen LogP contribution in [-0.4, -0.2) is 19.0 Å². The first-order valence-corrected chi connectivity index (χ1v) is 4.48. The average molecular weight is 164 g/mol. The summed E-state index contributed by atoms with van der Waals surface area (Å²) in [6, 6.07) is 0. The van der Waals surface area contributed by atoms with Gasteiger partial charge in [0.2, 0.25) is 0 Å². The Hall–Kier alpha value is -0.630. The first-order valence-electron chi connectivity index (χ1n) is 4.48. The second-order valence-electron chi connectivity index (χ2n) is 4.63. The molecule has 0 aromatic heterocycles. The third-order valence-corrected chi connectivity index (χ3v) is 3.83. The van der Waals surface area contributed by atoms with Gasteiger partial charge in [0.1, 0.15) is 0 Å². The Bertz CT molecular complexity index is 305. The molecule has 2 aliphatic carbocycles. The van der Waals surface area contributed by atoms with Crippen LogP contribution in [0.25, 0.3) is 0 Å². The monoisotopic (exact) mass is 164 g/mol. The number of hydrogen-bond donors (Lipinski definition) is 0. The topological polar surface area (TPSA) is 26.3 Å². The summed E-state index contributed by atoms with van der Waals surface area (Å²) < 4.78 is 5.46. The summed E-state index contributed by atoms with van der Waals surface area (Å²) >= 11 is 0. The first kappa shape index (κ1) is 6.84. The Labute approximate surface area is 71.6 Å². The fourth-order valence-electron chi connectivity index (χ4n) is 2.95. The Kier molecular flexibility index (Phi) is 0.950. The number of carbonyl (C=O) groups is 1. The highest BCUT2D eigenvalue weighted by atomic mass is 16.5. The van der Waals surface area contributed by atoms with Gasteiger partial charge < -0.3 is 4.74 Å². The van der Waals surface area contributed by atoms with Crippen molar-refractivity contribution >= 4 is 5.78 Å². The highest BCUT2D eigenvalue weighted by Crippen LogP contribution is 2.73. The Morgan fingerprint density at radius 3 is 3.17 bits per heavy atom. The van der Waals surface area contributed by atoms with Crippen molar-refractivity contribution in [1.82, 2.24) is 0 Å². The largest absolute Gasteiger partial charge is 0.376 e. The second kappa shape index (κ2) is 1.67. The molecule has 1 heterocycles. The van der Waals surface area contributed by atoms with Crippen molar-refractivity contribution in [2.24, 2.45) is 10.8 Å². The van der Waals surface area contributed by atoms with E-state index in [1.165, 1.54) is 5.57 Å². The third-order valence-electron chi connectivity index (χ3n) is 3.83. The van der Waals surface area contributed by atoms with E-state index in [4.69, 9.17) is 4.74 Å². The predicted molar refractivity (Wildman–Crippen MR) is 43.7 cm³/mol. The van der Waals surface area contributed by atoms with Crippen LogP contribution in [0.3, 0.4) is 0 Å². The van der Waals surface area contributed by atoms with Gasteiger partial charge >= 0.3 is 0 Å². The minimum Gasteiger partial charge on any atom is -0.376 e. The van der Waals surface area contributed by atoms with Gasteiger partial charge in [0.15, 0.2) is 5.78 Å². The van der Waals surface area contributed by atoms with E-state index in [0.717, 1.165) is 19.4 Å². The maximum atomic E-state index is 11.3. The summed E-state index contributed by atoms with van der Waals surface area (Å²) in [5.41, 5.74) is 1.81. The zero-order valence-electron chi connectivity index (χ0n) is 7.22. The van der Waals surface area contributed by atoms with E-state index < -0.39 is 0 Å². The number of ether oxygens (including phenoxy) is 1. The van der Waals surface area contributed by atoms with Crippen LogP contribution >= 0.6 is 0 Å². The Morgan fingerprint density at radius 2 is 2.42 bits per heavy atom. The highest BCUT2D eigenvalue weighted by molar-refractivity contribution is 5.95. The van der Waals surface area contributed by atoms with Crippen molar-refractivity contribution < 1.29 is 9.53 Å². The van der Waals surface area contributed by atoms with E-state index in [1.54, 1.807) is 0 Å². The summed E-state index contributed by atoms with van der Waals surface area (Å²) in [6.07, 6.45) is 3.73. The second-order valence-corrected chi connectivity index (χ2v) is 4.63. The molecule has 2 atom stereocenters. The highest BCUT2D eigenvalue weighted by Gasteiger charge is 2.69. The van der Waals surface area contributed by atoms with Crippen molar-refractivity contribution in [2.75, 3.05) is 13.2 Å². The molecule has 0 aromatic carbocycles. The van der Waals surface area contributed by atoms with Crippen molar-refractivity contribution in [2.45, 2.75) is 19.8 Å². The number of rotatable bonds is 0. The van der Waals surface area contributed by atoms with E-state index >= 15 is 0 Å². The third kappa shape index (κ3) is 0.556. The Morgan fingerprint density at radius 1 is 1.58 bits per heavy atom. The summed E-state index contributed by atoms with van der Waals surface area (Å²) in [4.78, 5) is 11.3. The predicted octanol–water partition coefficient (Wildman–Crippen LogP) is 1.31. The molecule has 0 amide bonds. The molecular formula is C10H12O2. The van der Waals surface area contributed by atoms with Gasteiger partial charge in [0.25, 0.3) is 0 Å². The van der Waals surface area contributed by atoms with Gasteiger partial charge in [-0.2, -0.15) is 0 Å². The normalized spacial score (nSPS) is 49.8. The van der Waals surface area contributed by atoms with E-state index in [2.05, 4.69) is 6.92 Å². The molecular weight excluding hydrogens is 152 g/mol. The van der Waals surface area contributed by atoms with Crippen LogP contribution in [0.4, 0.5) is 0 Å². The minimum absolute atomic E-state index is 0.252. The van der Waals surface area contributed by atoms with E-state index in [1.807, 2.05) is 6.08 Å². The van der Waals surface area contributed by atoms with Crippen LogP contribution in [0.2, 0.25) is 0 Å². The lowest BCUT2D eigenvalue weighted by Gasteiger charge is -2.26. The fourth-order valence-corrected chi connectivity index (χ4v) is 2.95. The maximum Gasteiger partial charge on any atom is 0.156 e. The lowest BCUT2D eigenvalue weighted by molar-refractivity contribution is -0.114. The molecule has 1 saturated carbocycles. The molecule has 2 fully saturated rings. The summed E-state index contributed by atoms with van der Waals surface area (Å²) in [5.74, 6) is 0.305. The molecule has 0 bridgehead atoms. The Balaban J connectivity index is 2.07. The van der Waals surface area contributed by atoms with E-state index in [9.17, 15) is 4.79 Å². The van der Waals surface area contributed by atoms with Gasteiger partial charge in [-0.05, 0) is 18.1 Å². The zero-order chi connectivity index (χ0) is 8.40. The number of carbonyl (C=O) groups excluding carboxylic acids is 1. The van der Waals surface area contributed by atoms with Gasteiger partial charge in [-0.25, -0.2) is 0 Å². The molecule has 1 saturated heterocycles. The average Bonchev–Trinajstić information content (AvgIpc) is 2.44. The summed E-state index contributed by atoms with van der Waals surface area (Å²) in [6.45, 7) is 3.78. The van der Waals surface area contributed by atoms with Crippen LogP contribution < -0.4 is 0 Å². The van der Waals surface area contributed by atoms with Crippen molar-refractivity contribution in [1.29, 1.82) is 0 Å². The van der Waals surface area contributed by atoms with Crippen LogP contribution in [0.1, 0.15) is 19.8 Å². The number of hydrogen-bond acceptors (Lipinski definition) is 2. The zero-order valence-corrected chi connectivity index (χ0v) is 7.22. The molecule has 0 N–H and O–H groups in total. The lowest BCUT2D eigenvalue weighted by atomic mass is 9.87. The maximum absolute atomic E-state index is 11.3. The van der Waals surface area contributed by atoms with Gasteiger partial charge in [-0.1, -0.05) is 6.92 Å². The van der Waals surface area contributed by atoms with Gasteiger partial charge in [0.05, 0.1) is 13.2 Å². The number of allylic oxidation sites excluding steroid dienone is 1. The SMILES string of the molecule is C[C@@]12COCC3=CC(=O)C[C@]31C2. The summed E-state index contributed by atoms with van der Waals surface area (Å²) in [7, 11) is 0. The van der Waals surface area contributed by atoms with E-state index in [-0.39, 0.29) is 5.41 Å². The smallest absolute Gasteiger partial charge is 0.156 e. The molecule has 12 heavy (non-hydrogen) atoms. The standard InChI is InChI=1S/C10H12O2/c1-9-5-10(9)3-8(11)2-7(10)4-12-6-9/h2H,3-6H2,1H3/t9-,10+/m1/s1. The van der Waals surface area contributed by atoms with Gasteiger partial charge in [-0.15, -0.1) is 0 Å². The summed E-state index contributed by atoms with van der Waals surface area (Å²) in [5, 5.41) is 0. The van der Waals surface area contributed by atoms with Crippen LogP contribution in [0.5, 0.6) is 0 Å². The molecule has 1 aliphatic heterocycles. The van der Waals surface area contributed by atoms with Crippen molar-refractivity contribution in [3.63, 3.8) is 0 Å². The molecule has 1 spiro atoms. The number of ketones is 1. The molecule has 3 aliphatic rings. The lowest BCUT2D eigenvalue weighted by Crippen LogP contribution is -2.25. The molecule has 2 heteroatoms. The van der Waals surface area contributed by atoms with Crippen LogP contribution in [-0.2, 0) is 9.53 Å². The fraction of sp³-hybridized carbons (Fsp3) is 0.700. The molecule has 0 radical (unpaired) electrons. The van der Waals surface area contributed by atoms with Crippen LogP contribution in [0, 0.1) is 10.8 Å². The van der Waals surface area contributed by atoms with Crippen molar-refractivity contribution in [3.8, 4) is 0 Å². The minimum atomic E-state index is 0.252. The molecule has 0 aromatic rings. The first-order chi connectivity index (χ1) is 5.66. The molecule has 3 rings (SSSR count). The van der Waals surface area contributed by atoms with Gasteiger partial charge in [0, 0.05) is 17.3 Å². The molecule has 0 unspecified atom stereocenters. The van der Waals surface area contributed by atoms with Gasteiger partial charge in [-0.3, -0.25) is 4.79 Å². The molecule has 64 valence electrons.